The molecule has 0 radical (unpaired) electrons. The lowest BCUT2D eigenvalue weighted by Gasteiger charge is -1.83. The zero-order chi connectivity index (χ0) is 11.3. The highest BCUT2D eigenvalue weighted by atomic mass is 16.2. The first-order chi connectivity index (χ1) is 7.13. The number of aromatic nitrogens is 1. The van der Waals surface area contributed by atoms with Crippen molar-refractivity contribution in [2.24, 2.45) is 5.73 Å². The quantitative estimate of drug-likeness (QED) is 0.464. The average molecular weight is 205 g/mol. The summed E-state index contributed by atoms with van der Waals surface area (Å²) in [5, 5.41) is 1.17. The minimum Gasteiger partial charge on any atom is -0.385 e. The van der Waals surface area contributed by atoms with Crippen LogP contribution in [0.5, 0.6) is 0 Å². The number of carbonyl (C=O) groups is 2. The van der Waals surface area contributed by atoms with Gasteiger partial charge in [0.25, 0.3) is 5.91 Å². The van der Waals surface area contributed by atoms with Crippen molar-refractivity contribution in [2.75, 3.05) is 5.73 Å². The van der Waals surface area contributed by atoms with Crippen molar-refractivity contribution in [1.29, 1.82) is 0 Å². The second-order valence-corrected chi connectivity index (χ2v) is 2.83. The molecule has 0 unspecified atom stereocenters. The summed E-state index contributed by atoms with van der Waals surface area (Å²) >= 11 is 0. The normalized spacial score (nSPS) is 9.07. The second-order valence-electron chi connectivity index (χ2n) is 2.83. The van der Waals surface area contributed by atoms with Crippen LogP contribution in [0.2, 0.25) is 0 Å². The Hall–Kier alpha value is -2.30. The van der Waals surface area contributed by atoms with Gasteiger partial charge < -0.3 is 16.5 Å². The lowest BCUT2D eigenvalue weighted by Crippen LogP contribution is -2.10. The summed E-state index contributed by atoms with van der Waals surface area (Å²) in [6, 6.07) is 9.94. The van der Waals surface area contributed by atoms with Gasteiger partial charge in [-0.15, -0.1) is 0 Å². The van der Waals surface area contributed by atoms with Gasteiger partial charge in [0.2, 0.25) is 6.29 Å². The average Bonchev–Trinajstić information content (AvgIpc) is 2.58. The van der Waals surface area contributed by atoms with Crippen LogP contribution in [-0.2, 0) is 9.59 Å². The first-order valence-corrected chi connectivity index (χ1v) is 4.21. The van der Waals surface area contributed by atoms with E-state index in [1.54, 1.807) is 0 Å². The molecule has 0 aliphatic rings. The molecule has 0 aliphatic heterocycles. The molecule has 0 spiro atoms. The van der Waals surface area contributed by atoms with Gasteiger partial charge in [-0.1, -0.05) is 18.2 Å². The van der Waals surface area contributed by atoms with Crippen LogP contribution in [0, 0.1) is 0 Å². The van der Waals surface area contributed by atoms with E-state index in [4.69, 9.17) is 10.5 Å². The van der Waals surface area contributed by atoms with Crippen molar-refractivity contribution in [1.82, 2.24) is 4.98 Å². The highest BCUT2D eigenvalue weighted by Gasteiger charge is 1.92. The molecule has 2 rings (SSSR count). The SMILES string of the molecule is NC(=O)C=O.Nc1cc2ccccc2[nH]1. The maximum atomic E-state index is 9.22. The van der Waals surface area contributed by atoms with E-state index in [-0.39, 0.29) is 6.29 Å². The predicted molar refractivity (Wildman–Crippen MR) is 58.0 cm³/mol. The van der Waals surface area contributed by atoms with Gasteiger partial charge in [-0.05, 0) is 12.1 Å². The number of hydrogen-bond acceptors (Lipinski definition) is 3. The van der Waals surface area contributed by atoms with E-state index in [0.717, 1.165) is 11.3 Å². The molecule has 0 bridgehead atoms. The van der Waals surface area contributed by atoms with Gasteiger partial charge in [-0.2, -0.15) is 0 Å². The van der Waals surface area contributed by atoms with Crippen LogP contribution in [0.1, 0.15) is 0 Å². The largest absolute Gasteiger partial charge is 0.385 e. The van der Waals surface area contributed by atoms with E-state index in [1.807, 2.05) is 30.3 Å². The van der Waals surface area contributed by atoms with Crippen LogP contribution in [0.25, 0.3) is 10.9 Å². The number of H-pyrrole nitrogens is 1. The molecule has 0 aliphatic carbocycles. The Morgan fingerprint density at radius 1 is 1.33 bits per heavy atom. The highest BCUT2D eigenvalue weighted by molar-refractivity contribution is 6.22. The molecule has 5 N–H and O–H groups in total. The number of para-hydroxylation sites is 1. The van der Waals surface area contributed by atoms with Crippen molar-refractivity contribution in [2.45, 2.75) is 0 Å². The monoisotopic (exact) mass is 205 g/mol. The number of anilines is 1. The summed E-state index contributed by atoms with van der Waals surface area (Å²) in [6.07, 6.45) is 0.0556. The molecule has 1 aromatic heterocycles. The zero-order valence-electron chi connectivity index (χ0n) is 7.94. The fourth-order valence-electron chi connectivity index (χ4n) is 1.10. The van der Waals surface area contributed by atoms with Crippen molar-refractivity contribution >= 4 is 28.9 Å². The Bertz CT molecular complexity index is 443. The Kier molecular flexibility index (Phi) is 3.45. The van der Waals surface area contributed by atoms with Crippen molar-refractivity contribution in [3.63, 3.8) is 0 Å². The minimum atomic E-state index is -0.926. The van der Waals surface area contributed by atoms with E-state index in [0.29, 0.717) is 0 Å². The summed E-state index contributed by atoms with van der Waals surface area (Å²) < 4.78 is 0. The number of nitrogen functional groups attached to an aromatic ring is 1. The molecule has 2 aromatic rings. The number of carbonyl (C=O) groups excluding carboxylic acids is 2. The molecular formula is C10H11N3O2. The Labute approximate surface area is 86.1 Å². The molecule has 0 saturated heterocycles. The number of hydrogen-bond donors (Lipinski definition) is 3. The van der Waals surface area contributed by atoms with Gasteiger partial charge in [0.15, 0.2) is 0 Å². The third kappa shape index (κ3) is 3.15. The van der Waals surface area contributed by atoms with Crippen molar-refractivity contribution in [3.8, 4) is 0 Å². The van der Waals surface area contributed by atoms with Gasteiger partial charge in [0.05, 0.1) is 0 Å². The van der Waals surface area contributed by atoms with Crippen molar-refractivity contribution in [3.05, 3.63) is 30.3 Å². The molecule has 0 saturated carbocycles. The van der Waals surface area contributed by atoms with E-state index >= 15 is 0 Å². The van der Waals surface area contributed by atoms with Crippen LogP contribution in [0.15, 0.2) is 30.3 Å². The number of nitrogens with two attached hydrogens (primary N) is 2. The molecule has 5 nitrogen and oxygen atoms in total. The molecule has 1 amide bonds. The maximum absolute atomic E-state index is 9.22. The van der Waals surface area contributed by atoms with Gasteiger partial charge >= 0.3 is 0 Å². The first-order valence-electron chi connectivity index (χ1n) is 4.21. The van der Waals surface area contributed by atoms with E-state index in [1.165, 1.54) is 5.39 Å². The Morgan fingerprint density at radius 2 is 1.93 bits per heavy atom. The summed E-state index contributed by atoms with van der Waals surface area (Å²) in [5.41, 5.74) is 10.9. The topological polar surface area (TPSA) is 102 Å². The first kappa shape index (κ1) is 10.8. The smallest absolute Gasteiger partial charge is 0.281 e. The number of aromatic amines is 1. The fraction of sp³-hybridized carbons (Fsp3) is 0. The number of nitrogens with one attached hydrogen (secondary N) is 1. The molecule has 15 heavy (non-hydrogen) atoms. The third-order valence-electron chi connectivity index (χ3n) is 1.67. The minimum absolute atomic E-state index is 0.0556. The zero-order valence-corrected chi connectivity index (χ0v) is 7.94. The van der Waals surface area contributed by atoms with Gasteiger partial charge in [0.1, 0.15) is 5.82 Å². The number of amides is 1. The van der Waals surface area contributed by atoms with Gasteiger partial charge in [-0.3, -0.25) is 9.59 Å². The van der Waals surface area contributed by atoms with E-state index < -0.39 is 5.91 Å². The predicted octanol–water partition coefficient (Wildman–Crippen LogP) is 0.421. The van der Waals surface area contributed by atoms with Gasteiger partial charge in [0, 0.05) is 10.9 Å². The molecular weight excluding hydrogens is 194 g/mol. The van der Waals surface area contributed by atoms with E-state index in [2.05, 4.69) is 10.7 Å². The Balaban J connectivity index is 0.000000195. The molecule has 5 heteroatoms. The van der Waals surface area contributed by atoms with Crippen LogP contribution in [-0.4, -0.2) is 17.2 Å². The van der Waals surface area contributed by atoms with Crippen LogP contribution in [0.3, 0.4) is 0 Å². The van der Waals surface area contributed by atoms with Crippen LogP contribution >= 0.6 is 0 Å². The van der Waals surface area contributed by atoms with Crippen LogP contribution in [0.4, 0.5) is 5.82 Å². The number of fused-ring (bicyclic) bond motifs is 1. The summed E-state index contributed by atoms with van der Waals surface area (Å²) in [6.45, 7) is 0. The number of benzene rings is 1. The third-order valence-corrected chi connectivity index (χ3v) is 1.67. The molecule has 0 atom stereocenters. The number of rotatable bonds is 1. The molecule has 1 heterocycles. The summed E-state index contributed by atoms with van der Waals surface area (Å²) in [5.74, 6) is -0.203. The molecule has 1 aromatic carbocycles. The highest BCUT2D eigenvalue weighted by Crippen LogP contribution is 2.14. The van der Waals surface area contributed by atoms with E-state index in [9.17, 15) is 4.79 Å². The summed E-state index contributed by atoms with van der Waals surface area (Å²) in [7, 11) is 0. The summed E-state index contributed by atoms with van der Waals surface area (Å²) in [4.78, 5) is 21.3. The standard InChI is InChI=1S/C8H8N2.C2H3NO2/c9-8-5-6-3-1-2-4-7(6)10-8;3-2(5)1-4/h1-5,10H,9H2;1H,(H2,3,5). The van der Waals surface area contributed by atoms with Crippen molar-refractivity contribution < 1.29 is 9.59 Å². The number of primary amides is 1. The fourth-order valence-corrected chi connectivity index (χ4v) is 1.10. The molecule has 78 valence electrons. The lowest BCUT2D eigenvalue weighted by molar-refractivity contribution is -0.129. The maximum Gasteiger partial charge on any atom is 0.281 e. The Morgan fingerprint density at radius 3 is 2.47 bits per heavy atom. The van der Waals surface area contributed by atoms with Crippen LogP contribution < -0.4 is 11.5 Å². The lowest BCUT2D eigenvalue weighted by atomic mass is 10.3. The second kappa shape index (κ2) is 4.80. The van der Waals surface area contributed by atoms with Gasteiger partial charge in [-0.25, -0.2) is 0 Å². The molecule has 0 fully saturated rings. The number of aldehydes is 1.